The molecule has 1 aliphatic heterocycles. The van der Waals surface area contributed by atoms with Gasteiger partial charge in [-0.05, 0) is 66.9 Å². The van der Waals surface area contributed by atoms with Crippen LogP contribution in [0.15, 0.2) is 73.1 Å². The van der Waals surface area contributed by atoms with E-state index < -0.39 is 0 Å². The van der Waals surface area contributed by atoms with E-state index in [2.05, 4.69) is 16.4 Å². The van der Waals surface area contributed by atoms with E-state index in [4.69, 9.17) is 4.74 Å². The molecule has 5 rings (SSSR count). The number of rotatable bonds is 5. The van der Waals surface area contributed by atoms with E-state index in [-0.39, 0.29) is 11.9 Å². The number of piperidine rings is 1. The maximum absolute atomic E-state index is 13.8. The highest BCUT2D eigenvalue weighted by molar-refractivity contribution is 6.07. The molecule has 2 aromatic heterocycles. The zero-order valence-corrected chi connectivity index (χ0v) is 19.0. The third-order valence-corrected chi connectivity index (χ3v) is 6.41. The van der Waals surface area contributed by atoms with Crippen molar-refractivity contribution in [3.05, 3.63) is 78.6 Å². The van der Waals surface area contributed by atoms with Crippen LogP contribution in [-0.4, -0.2) is 41.7 Å². The van der Waals surface area contributed by atoms with E-state index in [0.717, 1.165) is 53.7 Å². The highest BCUT2D eigenvalue weighted by Gasteiger charge is 2.29. The number of aromatic nitrogens is 2. The van der Waals surface area contributed by atoms with E-state index in [1.54, 1.807) is 7.11 Å². The van der Waals surface area contributed by atoms with Crippen molar-refractivity contribution in [3.8, 4) is 16.9 Å². The smallest absolute Gasteiger partial charge is 0.259 e. The molecule has 168 valence electrons. The Bertz CT molecular complexity index is 1260. The quantitative estimate of drug-likeness (QED) is 0.491. The molecule has 0 radical (unpaired) electrons. The number of fused-ring (bicyclic) bond motifs is 1. The zero-order chi connectivity index (χ0) is 22.8. The van der Waals surface area contributed by atoms with Gasteiger partial charge in [-0.25, -0.2) is 4.98 Å². The van der Waals surface area contributed by atoms with Crippen molar-refractivity contribution < 1.29 is 9.53 Å². The Morgan fingerprint density at radius 1 is 1.09 bits per heavy atom. The summed E-state index contributed by atoms with van der Waals surface area (Å²) < 4.78 is 7.29. The van der Waals surface area contributed by atoms with Gasteiger partial charge in [0.05, 0.1) is 24.9 Å². The Kier molecular flexibility index (Phi) is 5.84. The molecule has 0 bridgehead atoms. The number of carbonyl (C=O) groups is 1. The number of methoxy groups -OCH3 is 1. The number of aryl methyl sites for hydroxylation is 1. The van der Waals surface area contributed by atoms with E-state index in [1.807, 2.05) is 83.5 Å². The van der Waals surface area contributed by atoms with Crippen molar-refractivity contribution in [1.29, 1.82) is 0 Å². The fourth-order valence-electron chi connectivity index (χ4n) is 4.52. The number of hydrogen-bond donors (Lipinski definition) is 1. The maximum atomic E-state index is 13.8. The Balaban J connectivity index is 1.46. The minimum absolute atomic E-state index is 0.0206. The number of nitrogens with zero attached hydrogens (tertiary/aromatic N) is 3. The summed E-state index contributed by atoms with van der Waals surface area (Å²) in [5, 5.41) is 4.52. The minimum Gasteiger partial charge on any atom is -0.497 e. The third-order valence-electron chi connectivity index (χ3n) is 6.41. The number of ether oxygens (including phenoxy) is 1. The van der Waals surface area contributed by atoms with Crippen LogP contribution in [0.2, 0.25) is 0 Å². The van der Waals surface area contributed by atoms with Gasteiger partial charge in [0.25, 0.3) is 5.91 Å². The standard InChI is InChI=1S/C27H28N4O2/c1-30-15-13-22-16-26(29-18-25(22)30)31(23-4-3-14-28-17-23)27(32)21-7-5-19(6-8-21)20-9-11-24(33-2)12-10-20/h5-13,15-16,18,23,28H,3-4,14,17H2,1-2H3/t23-/m1/s1. The topological polar surface area (TPSA) is 59.4 Å². The lowest BCUT2D eigenvalue weighted by molar-refractivity contribution is 0.0971. The molecule has 6 nitrogen and oxygen atoms in total. The number of benzene rings is 2. The van der Waals surface area contributed by atoms with E-state index in [0.29, 0.717) is 11.4 Å². The van der Waals surface area contributed by atoms with Gasteiger partial charge in [-0.1, -0.05) is 24.3 Å². The molecule has 1 fully saturated rings. The first-order valence-corrected chi connectivity index (χ1v) is 11.3. The van der Waals surface area contributed by atoms with Crippen molar-refractivity contribution in [2.75, 3.05) is 25.1 Å². The number of carbonyl (C=O) groups excluding carboxylic acids is 1. The Labute approximate surface area is 193 Å². The lowest BCUT2D eigenvalue weighted by Gasteiger charge is -2.34. The van der Waals surface area contributed by atoms with Gasteiger partial charge in [0.1, 0.15) is 11.6 Å². The fraction of sp³-hybridized carbons (Fsp3) is 0.259. The molecule has 0 saturated carbocycles. The number of anilines is 1. The molecule has 1 aliphatic rings. The molecular formula is C27H28N4O2. The molecular weight excluding hydrogens is 412 g/mol. The van der Waals surface area contributed by atoms with Gasteiger partial charge in [0.15, 0.2) is 0 Å². The molecule has 0 aliphatic carbocycles. The van der Waals surface area contributed by atoms with Crippen LogP contribution in [0.3, 0.4) is 0 Å². The summed E-state index contributed by atoms with van der Waals surface area (Å²) in [7, 11) is 3.66. The van der Waals surface area contributed by atoms with Gasteiger partial charge in [-0.3, -0.25) is 9.69 Å². The predicted octanol–water partition coefficient (Wildman–Crippen LogP) is 4.65. The first-order valence-electron chi connectivity index (χ1n) is 11.3. The van der Waals surface area contributed by atoms with Crippen LogP contribution in [0.25, 0.3) is 22.0 Å². The molecule has 1 amide bonds. The average molecular weight is 441 g/mol. The molecule has 33 heavy (non-hydrogen) atoms. The summed E-state index contributed by atoms with van der Waals surface area (Å²) in [5.74, 6) is 1.50. The largest absolute Gasteiger partial charge is 0.497 e. The van der Waals surface area contributed by atoms with Gasteiger partial charge in [-0.2, -0.15) is 0 Å². The molecule has 0 unspecified atom stereocenters. The van der Waals surface area contributed by atoms with Crippen molar-refractivity contribution in [2.24, 2.45) is 7.05 Å². The fourth-order valence-corrected chi connectivity index (χ4v) is 4.52. The van der Waals surface area contributed by atoms with Crippen LogP contribution < -0.4 is 15.0 Å². The SMILES string of the molecule is COc1ccc(-c2ccc(C(=O)N(c3cc4ccn(C)c4cn3)[C@@H]3CCCNC3)cc2)cc1. The molecule has 2 aromatic carbocycles. The highest BCUT2D eigenvalue weighted by atomic mass is 16.5. The molecule has 6 heteroatoms. The second-order valence-electron chi connectivity index (χ2n) is 8.51. The Morgan fingerprint density at radius 2 is 1.82 bits per heavy atom. The second-order valence-corrected chi connectivity index (χ2v) is 8.51. The molecule has 1 N–H and O–H groups in total. The molecule has 1 atom stereocenters. The molecule has 1 saturated heterocycles. The summed E-state index contributed by atoms with van der Waals surface area (Å²) in [6, 6.07) is 19.9. The van der Waals surface area contributed by atoms with E-state index >= 15 is 0 Å². The van der Waals surface area contributed by atoms with Crippen molar-refractivity contribution in [1.82, 2.24) is 14.9 Å². The lowest BCUT2D eigenvalue weighted by atomic mass is 10.0. The molecule has 4 aromatic rings. The second kappa shape index (κ2) is 9.08. The lowest BCUT2D eigenvalue weighted by Crippen LogP contribution is -2.49. The first kappa shape index (κ1) is 21.2. The average Bonchev–Trinajstić information content (AvgIpc) is 3.25. The summed E-state index contributed by atoms with van der Waals surface area (Å²) in [6.45, 7) is 1.75. The van der Waals surface area contributed by atoms with Gasteiger partial charge in [0, 0.05) is 30.7 Å². The Hall–Kier alpha value is -3.64. The van der Waals surface area contributed by atoms with E-state index in [1.165, 1.54) is 0 Å². The number of hydrogen-bond acceptors (Lipinski definition) is 4. The monoisotopic (exact) mass is 440 g/mol. The normalized spacial score (nSPS) is 16.0. The molecule has 3 heterocycles. The van der Waals surface area contributed by atoms with E-state index in [9.17, 15) is 4.79 Å². The van der Waals surface area contributed by atoms with Gasteiger partial charge in [0.2, 0.25) is 0 Å². The van der Waals surface area contributed by atoms with Gasteiger partial charge >= 0.3 is 0 Å². The highest BCUT2D eigenvalue weighted by Crippen LogP contribution is 2.27. The van der Waals surface area contributed by atoms with Crippen molar-refractivity contribution >= 4 is 22.6 Å². The zero-order valence-electron chi connectivity index (χ0n) is 19.0. The Morgan fingerprint density at radius 3 is 2.48 bits per heavy atom. The van der Waals surface area contributed by atoms with Gasteiger partial charge in [-0.15, -0.1) is 0 Å². The van der Waals surface area contributed by atoms with Crippen LogP contribution in [0.5, 0.6) is 5.75 Å². The van der Waals surface area contributed by atoms with Crippen molar-refractivity contribution in [3.63, 3.8) is 0 Å². The third kappa shape index (κ3) is 4.22. The minimum atomic E-state index is -0.0206. The van der Waals surface area contributed by atoms with Gasteiger partial charge < -0.3 is 14.6 Å². The molecule has 0 spiro atoms. The summed E-state index contributed by atoms with van der Waals surface area (Å²) in [4.78, 5) is 20.3. The van der Waals surface area contributed by atoms with Crippen LogP contribution >= 0.6 is 0 Å². The number of amides is 1. The van der Waals surface area contributed by atoms with Crippen LogP contribution in [0.4, 0.5) is 5.82 Å². The number of nitrogens with one attached hydrogen (secondary N) is 1. The van der Waals surface area contributed by atoms with Crippen LogP contribution in [-0.2, 0) is 7.05 Å². The predicted molar refractivity (Wildman–Crippen MR) is 132 cm³/mol. The van der Waals surface area contributed by atoms with Crippen LogP contribution in [0, 0.1) is 0 Å². The van der Waals surface area contributed by atoms with Crippen LogP contribution in [0.1, 0.15) is 23.2 Å². The summed E-state index contributed by atoms with van der Waals surface area (Å²) >= 11 is 0. The van der Waals surface area contributed by atoms with Crippen molar-refractivity contribution in [2.45, 2.75) is 18.9 Å². The maximum Gasteiger partial charge on any atom is 0.259 e. The number of pyridine rings is 1. The first-order chi connectivity index (χ1) is 16.1. The summed E-state index contributed by atoms with van der Waals surface area (Å²) in [6.07, 6.45) is 5.87. The summed E-state index contributed by atoms with van der Waals surface area (Å²) in [5.41, 5.74) is 3.85.